The molecule has 3 aromatic rings. The number of nitro benzene ring substituents is 1. The second-order valence-electron chi connectivity index (χ2n) is 8.29. The van der Waals surface area contributed by atoms with Gasteiger partial charge in [-0.3, -0.25) is 20.2 Å². The van der Waals surface area contributed by atoms with Crippen LogP contribution in [0.25, 0.3) is 6.08 Å². The van der Waals surface area contributed by atoms with Gasteiger partial charge in [0.1, 0.15) is 11.4 Å². The molecule has 0 saturated carbocycles. The van der Waals surface area contributed by atoms with Gasteiger partial charge >= 0.3 is 0 Å². The Morgan fingerprint density at radius 3 is 2.31 bits per heavy atom. The molecule has 0 saturated heterocycles. The van der Waals surface area contributed by atoms with Crippen LogP contribution < -0.4 is 4.90 Å². The lowest BCUT2D eigenvalue weighted by molar-refractivity contribution is -0.385. The quantitative estimate of drug-likeness (QED) is 0.455. The summed E-state index contributed by atoms with van der Waals surface area (Å²) in [6.07, 6.45) is 6.58. The Hall–Kier alpha value is -4.14. The Kier molecular flexibility index (Phi) is 4.77. The first-order valence-electron chi connectivity index (χ1n) is 9.92. The smallest absolute Gasteiger partial charge is 0.286 e. The molecule has 2 heterocycles. The van der Waals surface area contributed by atoms with Gasteiger partial charge in [-0.2, -0.15) is 0 Å². The number of nitrogens with zero attached hydrogens (tertiary/aromatic N) is 4. The van der Waals surface area contributed by atoms with Crippen LogP contribution in [0.15, 0.2) is 67.0 Å². The molecule has 9 heteroatoms. The third kappa shape index (κ3) is 2.93. The fourth-order valence-corrected chi connectivity index (χ4v) is 4.70. The van der Waals surface area contributed by atoms with E-state index in [9.17, 15) is 25.3 Å². The summed E-state index contributed by atoms with van der Waals surface area (Å²) < 4.78 is 1.77. The Labute approximate surface area is 184 Å². The highest BCUT2D eigenvalue weighted by Crippen LogP contribution is 2.55. The number of phenols is 1. The van der Waals surface area contributed by atoms with Crippen molar-refractivity contribution in [3.8, 4) is 5.75 Å². The molecule has 4 rings (SSSR count). The number of aromatic hydroxyl groups is 1. The van der Waals surface area contributed by atoms with Gasteiger partial charge < -0.3 is 14.6 Å². The minimum atomic E-state index is -0.929. The number of hydrogen-bond donors (Lipinski definition) is 1. The van der Waals surface area contributed by atoms with Crippen LogP contribution in [0, 0.1) is 20.2 Å². The number of nitro groups is 2. The molecule has 2 aromatic carbocycles. The second kappa shape index (κ2) is 7.23. The molecule has 1 aliphatic rings. The number of non-ortho nitro benzene ring substituents is 1. The van der Waals surface area contributed by atoms with Gasteiger partial charge in [-0.25, -0.2) is 0 Å². The van der Waals surface area contributed by atoms with Gasteiger partial charge in [-0.05, 0) is 23.8 Å². The Bertz CT molecular complexity index is 1260. The maximum Gasteiger partial charge on any atom is 0.286 e. The van der Waals surface area contributed by atoms with Crippen LogP contribution in [-0.2, 0) is 11.1 Å². The molecule has 1 aliphatic heterocycles. The average Bonchev–Trinajstić information content (AvgIpc) is 3.30. The van der Waals surface area contributed by atoms with Crippen LogP contribution in [0.2, 0.25) is 0 Å². The van der Waals surface area contributed by atoms with E-state index < -0.39 is 20.9 Å². The van der Waals surface area contributed by atoms with E-state index in [1.165, 1.54) is 30.5 Å². The molecule has 0 radical (unpaired) electrons. The number of likely N-dealkylation sites (N-methyl/N-ethyl adjacent to an activating group) is 1. The molecule has 0 spiro atoms. The molecular weight excluding hydrogens is 412 g/mol. The predicted octanol–water partition coefficient (Wildman–Crippen LogP) is 4.80. The fraction of sp³-hybridized carbons (Fsp3) is 0.217. The molecule has 1 atom stereocenters. The number of anilines is 1. The van der Waals surface area contributed by atoms with Crippen molar-refractivity contribution in [1.29, 1.82) is 0 Å². The van der Waals surface area contributed by atoms with E-state index in [0.29, 0.717) is 0 Å². The molecule has 32 heavy (non-hydrogen) atoms. The third-order valence-corrected chi connectivity index (χ3v) is 6.37. The number of aromatic nitrogens is 1. The van der Waals surface area contributed by atoms with Crippen molar-refractivity contribution in [3.63, 3.8) is 0 Å². The molecule has 0 bridgehead atoms. The highest BCUT2D eigenvalue weighted by Gasteiger charge is 2.55. The van der Waals surface area contributed by atoms with E-state index >= 15 is 0 Å². The monoisotopic (exact) mass is 434 g/mol. The zero-order valence-corrected chi connectivity index (χ0v) is 17.8. The first kappa shape index (κ1) is 21.1. The van der Waals surface area contributed by atoms with Crippen molar-refractivity contribution in [2.75, 3.05) is 11.9 Å². The molecule has 164 valence electrons. The van der Waals surface area contributed by atoms with Crippen molar-refractivity contribution in [3.05, 3.63) is 98.4 Å². The van der Waals surface area contributed by atoms with Crippen LogP contribution in [0.1, 0.15) is 25.0 Å². The van der Waals surface area contributed by atoms with Crippen LogP contribution in [0.3, 0.4) is 0 Å². The van der Waals surface area contributed by atoms with Crippen LogP contribution >= 0.6 is 0 Å². The summed E-state index contributed by atoms with van der Waals surface area (Å²) in [6.45, 7) is 4.08. The maximum absolute atomic E-state index is 11.4. The number of rotatable bonds is 5. The molecule has 9 nitrogen and oxygen atoms in total. The van der Waals surface area contributed by atoms with Gasteiger partial charge in [0, 0.05) is 48.1 Å². The largest absolute Gasteiger partial charge is 0.507 e. The summed E-state index contributed by atoms with van der Waals surface area (Å²) in [5, 5.41) is 32.9. The van der Waals surface area contributed by atoms with Crippen molar-refractivity contribution in [1.82, 2.24) is 4.57 Å². The van der Waals surface area contributed by atoms with Crippen LogP contribution in [0.4, 0.5) is 17.1 Å². The van der Waals surface area contributed by atoms with Gasteiger partial charge in [-0.1, -0.05) is 38.1 Å². The van der Waals surface area contributed by atoms with Crippen molar-refractivity contribution >= 4 is 23.1 Å². The minimum absolute atomic E-state index is 0.0453. The highest BCUT2D eigenvalue weighted by atomic mass is 16.6. The summed E-state index contributed by atoms with van der Waals surface area (Å²) in [7, 11) is 1.90. The standard InChI is InChI=1S/C23H22N4O5/c1-22(2)19-6-4-5-7-20(19)24(3)23(22,25-13-11-18(15-25)27(31)32)12-10-16-14-17(26(29)30)8-9-21(16)28/h4-15,28H,1-3H3/b12-10+. The summed E-state index contributed by atoms with van der Waals surface area (Å²) in [5.41, 5.74) is 0.612. The van der Waals surface area contributed by atoms with Gasteiger partial charge in [0.2, 0.25) is 0 Å². The number of hydrogen-bond acceptors (Lipinski definition) is 6. The van der Waals surface area contributed by atoms with Gasteiger partial charge in [-0.15, -0.1) is 0 Å². The third-order valence-electron chi connectivity index (χ3n) is 6.37. The molecule has 1 aromatic heterocycles. The Balaban J connectivity index is 1.95. The predicted molar refractivity (Wildman–Crippen MR) is 121 cm³/mol. The Morgan fingerprint density at radius 1 is 1.00 bits per heavy atom. The minimum Gasteiger partial charge on any atom is -0.507 e. The zero-order valence-electron chi connectivity index (χ0n) is 17.8. The van der Waals surface area contributed by atoms with Crippen molar-refractivity contribution in [2.24, 2.45) is 0 Å². The summed E-state index contributed by atoms with van der Waals surface area (Å²) in [5.74, 6) is -0.101. The SMILES string of the molecule is CN1c2ccccc2C(C)(C)C1(/C=C/c1cc([N+](=O)[O-])ccc1O)n1ccc([N+](=O)[O-])c1. The lowest BCUT2D eigenvalue weighted by atomic mass is 9.75. The number of phenolic OH excluding ortho intramolecular Hbond substituents is 1. The van der Waals surface area contributed by atoms with Crippen molar-refractivity contribution in [2.45, 2.75) is 24.9 Å². The molecule has 0 amide bonds. The summed E-state index contributed by atoms with van der Waals surface area (Å²) >= 11 is 0. The van der Waals surface area contributed by atoms with E-state index in [-0.39, 0.29) is 22.7 Å². The topological polar surface area (TPSA) is 115 Å². The molecule has 0 fully saturated rings. The summed E-state index contributed by atoms with van der Waals surface area (Å²) in [6, 6.07) is 13.1. The van der Waals surface area contributed by atoms with E-state index in [4.69, 9.17) is 0 Å². The maximum atomic E-state index is 11.4. The van der Waals surface area contributed by atoms with Crippen LogP contribution in [0.5, 0.6) is 5.75 Å². The molecule has 0 aliphatic carbocycles. The first-order chi connectivity index (χ1) is 15.1. The average molecular weight is 434 g/mol. The normalized spacial score (nSPS) is 19.3. The second-order valence-corrected chi connectivity index (χ2v) is 8.29. The van der Waals surface area contributed by atoms with E-state index in [1.54, 1.807) is 16.8 Å². The van der Waals surface area contributed by atoms with Gasteiger partial charge in [0.15, 0.2) is 0 Å². The lowest BCUT2D eigenvalue weighted by Crippen LogP contribution is -2.54. The summed E-state index contributed by atoms with van der Waals surface area (Å²) in [4.78, 5) is 23.6. The van der Waals surface area contributed by atoms with Gasteiger partial charge in [0.05, 0.1) is 16.0 Å². The van der Waals surface area contributed by atoms with Crippen LogP contribution in [-0.4, -0.2) is 26.6 Å². The zero-order chi connectivity index (χ0) is 23.3. The molecular formula is C23H22N4O5. The fourth-order valence-electron chi connectivity index (χ4n) is 4.70. The van der Waals surface area contributed by atoms with Gasteiger partial charge in [0.25, 0.3) is 11.4 Å². The van der Waals surface area contributed by atoms with E-state index in [0.717, 1.165) is 11.3 Å². The number of fused-ring (bicyclic) bond motifs is 1. The lowest BCUT2D eigenvalue weighted by Gasteiger charge is -2.45. The first-order valence-corrected chi connectivity index (χ1v) is 9.92. The Morgan fingerprint density at radius 2 is 1.69 bits per heavy atom. The van der Waals surface area contributed by atoms with Crippen molar-refractivity contribution < 1.29 is 15.0 Å². The van der Waals surface area contributed by atoms with E-state index in [1.807, 2.05) is 56.1 Å². The number of benzene rings is 2. The molecule has 1 unspecified atom stereocenters. The van der Waals surface area contributed by atoms with E-state index in [2.05, 4.69) is 0 Å². The molecule has 1 N–H and O–H groups in total. The number of para-hydroxylation sites is 1. The highest BCUT2D eigenvalue weighted by molar-refractivity contribution is 5.69.